The first kappa shape index (κ1) is 18.0. The van der Waals surface area contributed by atoms with E-state index in [4.69, 9.17) is 0 Å². The molecule has 1 spiro atoms. The Bertz CT molecular complexity index is 597. The smallest absolute Gasteiger partial charge is 0.222 e. The maximum atomic E-state index is 12.5. The van der Waals surface area contributed by atoms with Crippen molar-refractivity contribution in [1.29, 1.82) is 0 Å². The average Bonchev–Trinajstić information content (AvgIpc) is 2.70. The SMILES string of the molecule is O=C1CCC2(CCNCC2)CN1CCN1CCC[C@@H](c2ccccc2)C1. The lowest BCUT2D eigenvalue weighted by Gasteiger charge is -2.45. The molecule has 4 heteroatoms. The molecule has 142 valence electrons. The summed E-state index contributed by atoms with van der Waals surface area (Å²) in [4.78, 5) is 17.2. The summed E-state index contributed by atoms with van der Waals surface area (Å²) in [6.45, 7) is 7.49. The fourth-order valence-corrected chi connectivity index (χ4v) is 5.19. The summed E-state index contributed by atoms with van der Waals surface area (Å²) >= 11 is 0. The Balaban J connectivity index is 1.32. The number of likely N-dealkylation sites (tertiary alicyclic amines) is 2. The third-order valence-corrected chi connectivity index (χ3v) is 6.88. The van der Waals surface area contributed by atoms with Gasteiger partial charge in [0.1, 0.15) is 0 Å². The lowest BCUT2D eigenvalue weighted by Crippen LogP contribution is -2.52. The Kier molecular flexibility index (Phi) is 5.60. The molecule has 1 aromatic carbocycles. The highest BCUT2D eigenvalue weighted by Gasteiger charge is 2.39. The quantitative estimate of drug-likeness (QED) is 0.902. The Morgan fingerprint density at radius 3 is 2.69 bits per heavy atom. The molecule has 1 atom stereocenters. The standard InChI is InChI=1S/C22H33N3O/c26-21-8-9-22(10-12-23-13-11-22)18-25(21)16-15-24-14-4-7-20(17-24)19-5-2-1-3-6-19/h1-3,5-6,20,23H,4,7-18H2/t20-/m1/s1. The van der Waals surface area contributed by atoms with Crippen LogP contribution in [0.4, 0.5) is 0 Å². The van der Waals surface area contributed by atoms with E-state index in [1.54, 1.807) is 0 Å². The maximum absolute atomic E-state index is 12.5. The van der Waals surface area contributed by atoms with E-state index in [0.29, 0.717) is 17.2 Å². The number of hydrogen-bond donors (Lipinski definition) is 1. The van der Waals surface area contributed by atoms with E-state index in [2.05, 4.69) is 45.4 Å². The summed E-state index contributed by atoms with van der Waals surface area (Å²) in [6.07, 6.45) is 6.88. The molecule has 0 aliphatic carbocycles. The highest BCUT2D eigenvalue weighted by molar-refractivity contribution is 5.77. The highest BCUT2D eigenvalue weighted by Crippen LogP contribution is 2.38. The van der Waals surface area contributed by atoms with Crippen LogP contribution >= 0.6 is 0 Å². The van der Waals surface area contributed by atoms with E-state index in [-0.39, 0.29) is 0 Å². The molecule has 3 aliphatic rings. The molecule has 1 amide bonds. The summed E-state index contributed by atoms with van der Waals surface area (Å²) in [5.74, 6) is 1.03. The van der Waals surface area contributed by atoms with Crippen LogP contribution in [0.15, 0.2) is 30.3 Å². The van der Waals surface area contributed by atoms with Gasteiger partial charge in [0.25, 0.3) is 0 Å². The van der Waals surface area contributed by atoms with Crippen molar-refractivity contribution in [2.45, 2.75) is 44.4 Å². The first-order valence-electron chi connectivity index (χ1n) is 10.5. The van der Waals surface area contributed by atoms with Gasteiger partial charge in [-0.1, -0.05) is 30.3 Å². The summed E-state index contributed by atoms with van der Waals surface area (Å²) < 4.78 is 0. The number of piperidine rings is 3. The molecule has 0 radical (unpaired) electrons. The largest absolute Gasteiger partial charge is 0.341 e. The van der Waals surface area contributed by atoms with Gasteiger partial charge in [0.2, 0.25) is 5.91 Å². The van der Waals surface area contributed by atoms with Gasteiger partial charge in [0.15, 0.2) is 0 Å². The van der Waals surface area contributed by atoms with Crippen molar-refractivity contribution in [2.75, 3.05) is 45.8 Å². The van der Waals surface area contributed by atoms with Crippen LogP contribution < -0.4 is 5.32 Å². The molecule has 0 unspecified atom stereocenters. The van der Waals surface area contributed by atoms with E-state index in [0.717, 1.165) is 52.1 Å². The van der Waals surface area contributed by atoms with Crippen molar-refractivity contribution in [1.82, 2.24) is 15.1 Å². The lowest BCUT2D eigenvalue weighted by atomic mass is 9.73. The van der Waals surface area contributed by atoms with Gasteiger partial charge in [-0.2, -0.15) is 0 Å². The van der Waals surface area contributed by atoms with Crippen LogP contribution in [-0.4, -0.2) is 61.5 Å². The molecule has 4 rings (SSSR count). The van der Waals surface area contributed by atoms with Crippen LogP contribution in [0.2, 0.25) is 0 Å². The van der Waals surface area contributed by atoms with Crippen molar-refractivity contribution >= 4 is 5.91 Å². The molecular weight excluding hydrogens is 322 g/mol. The molecule has 3 fully saturated rings. The average molecular weight is 356 g/mol. The molecule has 1 N–H and O–H groups in total. The molecule has 0 bridgehead atoms. The molecule has 0 saturated carbocycles. The minimum absolute atomic E-state index is 0.380. The predicted octanol–water partition coefficient (Wildman–Crippen LogP) is 2.86. The van der Waals surface area contributed by atoms with E-state index >= 15 is 0 Å². The van der Waals surface area contributed by atoms with Gasteiger partial charge in [0.05, 0.1) is 0 Å². The molecule has 26 heavy (non-hydrogen) atoms. The maximum Gasteiger partial charge on any atom is 0.222 e. The van der Waals surface area contributed by atoms with Gasteiger partial charge in [-0.25, -0.2) is 0 Å². The number of rotatable bonds is 4. The van der Waals surface area contributed by atoms with Gasteiger partial charge < -0.3 is 15.1 Å². The molecule has 3 heterocycles. The summed E-state index contributed by atoms with van der Waals surface area (Å²) in [5.41, 5.74) is 1.87. The van der Waals surface area contributed by atoms with Crippen LogP contribution in [-0.2, 0) is 4.79 Å². The number of carbonyl (C=O) groups excluding carboxylic acids is 1. The fraction of sp³-hybridized carbons (Fsp3) is 0.682. The van der Waals surface area contributed by atoms with Gasteiger partial charge in [-0.15, -0.1) is 0 Å². The van der Waals surface area contributed by atoms with Crippen molar-refractivity contribution < 1.29 is 4.79 Å². The van der Waals surface area contributed by atoms with Crippen LogP contribution in [0, 0.1) is 5.41 Å². The molecule has 1 aromatic rings. The first-order valence-corrected chi connectivity index (χ1v) is 10.5. The van der Waals surface area contributed by atoms with E-state index < -0.39 is 0 Å². The van der Waals surface area contributed by atoms with E-state index in [9.17, 15) is 4.79 Å². The Hall–Kier alpha value is -1.39. The van der Waals surface area contributed by atoms with Crippen LogP contribution in [0.5, 0.6) is 0 Å². The van der Waals surface area contributed by atoms with Crippen LogP contribution in [0.25, 0.3) is 0 Å². The predicted molar refractivity (Wildman–Crippen MR) is 105 cm³/mol. The second kappa shape index (κ2) is 8.10. The number of carbonyl (C=O) groups is 1. The second-order valence-electron chi connectivity index (χ2n) is 8.62. The Labute approximate surface area is 157 Å². The molecular formula is C22H33N3O. The summed E-state index contributed by atoms with van der Waals surface area (Å²) in [6, 6.07) is 10.9. The van der Waals surface area contributed by atoms with Crippen LogP contribution in [0.1, 0.15) is 50.0 Å². The van der Waals surface area contributed by atoms with Gasteiger partial charge >= 0.3 is 0 Å². The van der Waals surface area contributed by atoms with Crippen molar-refractivity contribution in [3.63, 3.8) is 0 Å². The number of hydrogen-bond acceptors (Lipinski definition) is 3. The van der Waals surface area contributed by atoms with Crippen molar-refractivity contribution in [2.24, 2.45) is 5.41 Å². The molecule has 3 aliphatic heterocycles. The van der Waals surface area contributed by atoms with Gasteiger partial charge in [-0.05, 0) is 68.6 Å². The van der Waals surface area contributed by atoms with E-state index in [1.165, 1.54) is 37.8 Å². The van der Waals surface area contributed by atoms with Gasteiger partial charge in [0, 0.05) is 32.6 Å². The Morgan fingerprint density at radius 2 is 1.88 bits per heavy atom. The summed E-state index contributed by atoms with van der Waals surface area (Å²) in [7, 11) is 0. The first-order chi connectivity index (χ1) is 12.7. The summed E-state index contributed by atoms with van der Waals surface area (Å²) in [5, 5.41) is 3.47. The lowest BCUT2D eigenvalue weighted by molar-refractivity contribution is -0.138. The van der Waals surface area contributed by atoms with Gasteiger partial charge in [-0.3, -0.25) is 4.79 Å². The van der Waals surface area contributed by atoms with E-state index in [1.807, 2.05) is 0 Å². The number of amides is 1. The third kappa shape index (κ3) is 4.12. The number of nitrogens with zero attached hydrogens (tertiary/aromatic N) is 2. The topological polar surface area (TPSA) is 35.6 Å². The number of nitrogens with one attached hydrogen (secondary N) is 1. The number of benzene rings is 1. The normalized spacial score (nSPS) is 27.0. The van der Waals surface area contributed by atoms with Crippen molar-refractivity contribution in [3.05, 3.63) is 35.9 Å². The Morgan fingerprint density at radius 1 is 1.08 bits per heavy atom. The zero-order chi connectivity index (χ0) is 17.8. The van der Waals surface area contributed by atoms with Crippen molar-refractivity contribution in [3.8, 4) is 0 Å². The third-order valence-electron chi connectivity index (χ3n) is 6.88. The zero-order valence-corrected chi connectivity index (χ0v) is 16.0. The molecule has 4 nitrogen and oxygen atoms in total. The monoisotopic (exact) mass is 355 g/mol. The minimum atomic E-state index is 0.380. The zero-order valence-electron chi connectivity index (χ0n) is 16.0. The molecule has 0 aromatic heterocycles. The highest BCUT2D eigenvalue weighted by atomic mass is 16.2. The fourth-order valence-electron chi connectivity index (χ4n) is 5.19. The molecule has 3 saturated heterocycles. The second-order valence-corrected chi connectivity index (χ2v) is 8.62. The minimum Gasteiger partial charge on any atom is -0.341 e. The van der Waals surface area contributed by atoms with Crippen LogP contribution in [0.3, 0.4) is 0 Å².